The van der Waals surface area contributed by atoms with Crippen molar-refractivity contribution < 1.29 is 19.5 Å². The Kier molecular flexibility index (Phi) is 6.01. The average Bonchev–Trinajstić information content (AvgIpc) is 3.00. The van der Waals surface area contributed by atoms with E-state index in [1.807, 2.05) is 29.2 Å². The van der Waals surface area contributed by atoms with E-state index in [1.54, 1.807) is 28.6 Å². The lowest BCUT2D eigenvalue weighted by Gasteiger charge is -2.44. The lowest BCUT2D eigenvalue weighted by atomic mass is 9.77. The summed E-state index contributed by atoms with van der Waals surface area (Å²) in [6.45, 7) is 11.5. The van der Waals surface area contributed by atoms with E-state index in [2.05, 4.69) is 34.6 Å². The van der Waals surface area contributed by atoms with Crippen LogP contribution in [-0.2, 0) is 14.4 Å². The maximum Gasteiger partial charge on any atom is 0.247 e. The van der Waals surface area contributed by atoms with Gasteiger partial charge in [-0.15, -0.1) is 11.8 Å². The van der Waals surface area contributed by atoms with E-state index in [1.165, 1.54) is 0 Å². The van der Waals surface area contributed by atoms with Crippen LogP contribution in [0.4, 0.5) is 0 Å². The molecule has 1 N–H and O–H groups in total. The van der Waals surface area contributed by atoms with Crippen LogP contribution < -0.4 is 0 Å². The molecule has 8 heteroatoms. The van der Waals surface area contributed by atoms with Gasteiger partial charge in [0.15, 0.2) is 0 Å². The van der Waals surface area contributed by atoms with Crippen LogP contribution in [0, 0.1) is 17.3 Å². The zero-order valence-corrected chi connectivity index (χ0v) is 21.4. The highest BCUT2D eigenvalue weighted by atomic mass is 32.2. The molecule has 0 aromatic heterocycles. The molecule has 0 saturated carbocycles. The van der Waals surface area contributed by atoms with Crippen LogP contribution in [0.15, 0.2) is 24.3 Å². The Bertz CT molecular complexity index is 908. The molecule has 5 atom stereocenters. The number of likely N-dealkylation sites (tertiary alicyclic amines) is 1. The summed E-state index contributed by atoms with van der Waals surface area (Å²) in [5, 5.41) is 9.62. The zero-order chi connectivity index (χ0) is 24.3. The molecule has 0 aliphatic carbocycles. The number of rotatable bonds is 4. The second-order valence-corrected chi connectivity index (χ2v) is 13.1. The van der Waals surface area contributed by atoms with Gasteiger partial charge in [-0.3, -0.25) is 14.4 Å². The second kappa shape index (κ2) is 8.15. The van der Waals surface area contributed by atoms with Crippen LogP contribution in [0.5, 0.6) is 0 Å². The molecule has 3 amide bonds. The van der Waals surface area contributed by atoms with Gasteiger partial charge >= 0.3 is 0 Å². The third-order valence-electron chi connectivity index (χ3n) is 7.39. The predicted octanol–water partition coefficient (Wildman–Crippen LogP) is 1.92. The fourth-order valence-corrected chi connectivity index (χ4v) is 8.56. The first kappa shape index (κ1) is 24.3. The minimum Gasteiger partial charge on any atom is -0.395 e. The SMILES string of the molecule is CN1CC=C[C@H]2S[C@]34C=CCN(C(C)(C)CC(C)(C)C)C(=O)C3N(CCO)C(=O)[C@@H]4[C@H]2C1=O. The summed E-state index contributed by atoms with van der Waals surface area (Å²) < 4.78 is -0.816. The van der Waals surface area contributed by atoms with Crippen molar-refractivity contribution in [3.05, 3.63) is 24.3 Å². The molecule has 4 aliphatic rings. The average molecular weight is 476 g/mol. The molecule has 4 rings (SSSR count). The number of aliphatic hydroxyl groups is 1. The van der Waals surface area contributed by atoms with Crippen LogP contribution in [-0.4, -0.2) is 92.4 Å². The maximum absolute atomic E-state index is 14.2. The largest absolute Gasteiger partial charge is 0.395 e. The molecule has 1 unspecified atom stereocenters. The van der Waals surface area contributed by atoms with Gasteiger partial charge < -0.3 is 19.8 Å². The van der Waals surface area contributed by atoms with Crippen LogP contribution in [0.1, 0.15) is 41.0 Å². The molecule has 0 radical (unpaired) electrons. The van der Waals surface area contributed by atoms with Gasteiger partial charge in [0.05, 0.1) is 23.2 Å². The highest BCUT2D eigenvalue weighted by Crippen LogP contribution is 2.61. The summed E-state index contributed by atoms with van der Waals surface area (Å²) in [7, 11) is 1.76. The third-order valence-corrected chi connectivity index (χ3v) is 9.14. The molecule has 0 aromatic rings. The third kappa shape index (κ3) is 3.83. The predicted molar refractivity (Wildman–Crippen MR) is 129 cm³/mol. The number of hydrogen-bond acceptors (Lipinski definition) is 5. The number of amides is 3. The smallest absolute Gasteiger partial charge is 0.247 e. The van der Waals surface area contributed by atoms with Crippen molar-refractivity contribution in [2.24, 2.45) is 17.3 Å². The van der Waals surface area contributed by atoms with E-state index >= 15 is 0 Å². The quantitative estimate of drug-likeness (QED) is 0.629. The fraction of sp³-hybridized carbons (Fsp3) is 0.720. The Labute approximate surface area is 201 Å². The molecule has 1 spiro atoms. The van der Waals surface area contributed by atoms with Crippen LogP contribution >= 0.6 is 11.8 Å². The number of carbonyl (C=O) groups excluding carboxylic acids is 3. The highest BCUT2D eigenvalue weighted by Gasteiger charge is 2.71. The highest BCUT2D eigenvalue weighted by molar-refractivity contribution is 8.02. The molecule has 0 bridgehead atoms. The molecule has 2 saturated heterocycles. The lowest BCUT2D eigenvalue weighted by molar-refractivity contribution is -0.147. The monoisotopic (exact) mass is 475 g/mol. The standard InChI is InChI=1S/C25H37N3O4S/c1-23(2,3)15-24(4,5)28-12-8-10-25-18(21(31)27(13-14-29)19(25)22(28)32)17-16(33-25)9-7-11-26(6)20(17)30/h7-10,16-19,29H,11-15H2,1-6H3/t16-,17+,18+,19?,25+/m1/s1. The summed E-state index contributed by atoms with van der Waals surface area (Å²) in [6.07, 6.45) is 8.87. The second-order valence-electron chi connectivity index (χ2n) is 11.6. The van der Waals surface area contributed by atoms with Crippen molar-refractivity contribution in [2.45, 2.75) is 62.6 Å². The number of thioether (sulfide) groups is 1. The van der Waals surface area contributed by atoms with Gasteiger partial charge in [0, 0.05) is 37.5 Å². The van der Waals surface area contributed by atoms with Crippen molar-refractivity contribution in [2.75, 3.05) is 33.3 Å². The van der Waals surface area contributed by atoms with Gasteiger partial charge in [-0.1, -0.05) is 45.1 Å². The van der Waals surface area contributed by atoms with E-state index in [-0.39, 0.29) is 41.5 Å². The lowest BCUT2D eigenvalue weighted by Crippen LogP contribution is -2.59. The summed E-state index contributed by atoms with van der Waals surface area (Å²) >= 11 is 1.58. The Morgan fingerprint density at radius 2 is 1.76 bits per heavy atom. The Morgan fingerprint density at radius 1 is 1.06 bits per heavy atom. The van der Waals surface area contributed by atoms with Crippen molar-refractivity contribution in [3.63, 3.8) is 0 Å². The topological polar surface area (TPSA) is 81.2 Å². The minimum absolute atomic E-state index is 0.0212. The van der Waals surface area contributed by atoms with Crippen molar-refractivity contribution in [1.82, 2.24) is 14.7 Å². The van der Waals surface area contributed by atoms with Crippen LogP contribution in [0.2, 0.25) is 0 Å². The summed E-state index contributed by atoms with van der Waals surface area (Å²) in [6, 6.07) is -0.733. The molecule has 2 fully saturated rings. The molecule has 7 nitrogen and oxygen atoms in total. The molecular weight excluding hydrogens is 438 g/mol. The Morgan fingerprint density at radius 3 is 2.39 bits per heavy atom. The number of fused-ring (bicyclic) bond motifs is 2. The fourth-order valence-electron chi connectivity index (χ4n) is 6.55. The number of nitrogens with zero attached hydrogens (tertiary/aromatic N) is 3. The van der Waals surface area contributed by atoms with Crippen molar-refractivity contribution in [3.8, 4) is 0 Å². The van der Waals surface area contributed by atoms with E-state index in [9.17, 15) is 19.5 Å². The molecule has 33 heavy (non-hydrogen) atoms. The van der Waals surface area contributed by atoms with E-state index in [4.69, 9.17) is 0 Å². The molecule has 0 aromatic carbocycles. The normalized spacial score (nSPS) is 34.4. The Balaban J connectivity index is 1.80. The van der Waals surface area contributed by atoms with E-state index in [0.29, 0.717) is 13.1 Å². The minimum atomic E-state index is -0.816. The summed E-state index contributed by atoms with van der Waals surface area (Å²) in [5.41, 5.74) is -0.395. The van der Waals surface area contributed by atoms with Crippen LogP contribution in [0.25, 0.3) is 0 Å². The van der Waals surface area contributed by atoms with Crippen molar-refractivity contribution in [1.29, 1.82) is 0 Å². The van der Waals surface area contributed by atoms with Gasteiger partial charge in [0.2, 0.25) is 17.7 Å². The summed E-state index contributed by atoms with van der Waals surface area (Å²) in [5.74, 6) is -1.46. The first-order valence-electron chi connectivity index (χ1n) is 11.8. The van der Waals surface area contributed by atoms with Gasteiger partial charge in [-0.25, -0.2) is 0 Å². The van der Waals surface area contributed by atoms with E-state index in [0.717, 1.165) is 6.42 Å². The Hall–Kier alpha value is -1.80. The first-order valence-corrected chi connectivity index (χ1v) is 12.7. The molecule has 182 valence electrons. The molecule has 4 aliphatic heterocycles. The van der Waals surface area contributed by atoms with E-state index < -0.39 is 28.2 Å². The number of likely N-dealkylation sites (N-methyl/N-ethyl adjacent to an activating group) is 1. The van der Waals surface area contributed by atoms with Gasteiger partial charge in [-0.2, -0.15) is 0 Å². The van der Waals surface area contributed by atoms with Gasteiger partial charge in [0.1, 0.15) is 6.04 Å². The van der Waals surface area contributed by atoms with Gasteiger partial charge in [-0.05, 0) is 25.7 Å². The zero-order valence-electron chi connectivity index (χ0n) is 20.6. The molecular formula is C25H37N3O4S. The molecule has 4 heterocycles. The van der Waals surface area contributed by atoms with Gasteiger partial charge in [0.25, 0.3) is 0 Å². The van der Waals surface area contributed by atoms with Crippen LogP contribution in [0.3, 0.4) is 0 Å². The number of carbonyl (C=O) groups is 3. The maximum atomic E-state index is 14.2. The summed E-state index contributed by atoms with van der Waals surface area (Å²) in [4.78, 5) is 46.5. The van der Waals surface area contributed by atoms with Crippen molar-refractivity contribution >= 4 is 29.5 Å². The first-order chi connectivity index (χ1) is 15.3. The number of β-amino-alcohol motifs (C(OH)–C–C–N with tert-alkyl or cyclic N) is 1. The number of aliphatic hydroxyl groups excluding tert-OH is 1. The number of hydrogen-bond donors (Lipinski definition) is 1.